The number of nitrogens with two attached hydrogens (primary N) is 1. The van der Waals surface area contributed by atoms with Crippen molar-refractivity contribution in [2.24, 2.45) is 5.84 Å². The third kappa shape index (κ3) is 2.06. The maximum absolute atomic E-state index is 12.2. The molecule has 0 radical (unpaired) electrons. The van der Waals surface area contributed by atoms with Crippen molar-refractivity contribution in [3.8, 4) is 0 Å². The third-order valence-corrected chi connectivity index (χ3v) is 4.34. The molecule has 18 heavy (non-hydrogen) atoms. The van der Waals surface area contributed by atoms with Crippen LogP contribution in [0.15, 0.2) is 16.9 Å². The number of allylic oxidation sites excluding steroid dienone is 1. The summed E-state index contributed by atoms with van der Waals surface area (Å²) < 4.78 is 0. The van der Waals surface area contributed by atoms with Gasteiger partial charge in [-0.1, -0.05) is 22.0 Å². The molecule has 0 spiro atoms. The highest BCUT2D eigenvalue weighted by Gasteiger charge is 2.26. The fourth-order valence-corrected chi connectivity index (χ4v) is 3.22. The van der Waals surface area contributed by atoms with Gasteiger partial charge in [0.25, 0.3) is 0 Å². The summed E-state index contributed by atoms with van der Waals surface area (Å²) in [5.74, 6) is 5.94. The Morgan fingerprint density at radius 1 is 1.50 bits per heavy atom. The number of rotatable bonds is 1. The summed E-state index contributed by atoms with van der Waals surface area (Å²) in [6.07, 6.45) is 6.89. The van der Waals surface area contributed by atoms with E-state index in [2.05, 4.69) is 27.0 Å². The number of fused-ring (bicyclic) bond motifs is 1. The van der Waals surface area contributed by atoms with Gasteiger partial charge in [0, 0.05) is 34.4 Å². The van der Waals surface area contributed by atoms with Gasteiger partial charge in [0.2, 0.25) is 0 Å². The van der Waals surface area contributed by atoms with Crippen LogP contribution in [0, 0.1) is 0 Å². The van der Waals surface area contributed by atoms with Crippen molar-refractivity contribution in [2.45, 2.75) is 30.1 Å². The van der Waals surface area contributed by atoms with Crippen LogP contribution in [0.4, 0.5) is 0 Å². The average Bonchev–Trinajstić information content (AvgIpc) is 2.76. The van der Waals surface area contributed by atoms with Gasteiger partial charge in [-0.3, -0.25) is 10.6 Å². The summed E-state index contributed by atoms with van der Waals surface area (Å²) in [5, 5.41) is 1.82. The van der Waals surface area contributed by atoms with Crippen molar-refractivity contribution in [1.82, 2.24) is 9.99 Å². The maximum atomic E-state index is 12.2. The highest BCUT2D eigenvalue weighted by atomic mass is 79.9. The Bertz CT molecular complexity index is 552. The number of aromatic nitrogens is 1. The van der Waals surface area contributed by atoms with Crippen molar-refractivity contribution in [2.75, 3.05) is 6.54 Å². The number of nitrogens with zero attached hydrogens (tertiary/aromatic N) is 1. The lowest BCUT2D eigenvalue weighted by molar-refractivity contribution is 0.261. The molecule has 3 N–H and O–H groups in total. The zero-order valence-electron chi connectivity index (χ0n) is 10.0. The molecule has 1 aromatic heterocycles. The molecule has 1 aliphatic heterocycles. The fraction of sp³-hybridized carbons (Fsp3) is 0.462. The van der Waals surface area contributed by atoms with E-state index in [9.17, 15) is 4.79 Å². The van der Waals surface area contributed by atoms with Crippen LogP contribution in [0.3, 0.4) is 0 Å². The van der Waals surface area contributed by atoms with Gasteiger partial charge in [0.1, 0.15) is 0 Å². The number of hydrogen-bond donors (Lipinski definition) is 2. The molecule has 3 rings (SSSR count). The molecule has 5 heteroatoms. The molecule has 0 saturated carbocycles. The number of aromatic amines is 1. The molecule has 0 aromatic carbocycles. The minimum absolute atomic E-state index is 0.118. The third-order valence-electron chi connectivity index (χ3n) is 3.71. The van der Waals surface area contributed by atoms with Gasteiger partial charge >= 0.3 is 0 Å². The molecule has 2 aliphatic rings. The summed E-state index contributed by atoms with van der Waals surface area (Å²) in [5.41, 5.74) is 2.86. The van der Waals surface area contributed by atoms with Gasteiger partial charge in [-0.15, -0.1) is 0 Å². The second-order valence-corrected chi connectivity index (χ2v) is 6.13. The van der Waals surface area contributed by atoms with E-state index in [1.54, 1.807) is 6.07 Å². The van der Waals surface area contributed by atoms with E-state index in [0.717, 1.165) is 42.8 Å². The van der Waals surface area contributed by atoms with Crippen molar-refractivity contribution < 1.29 is 0 Å². The summed E-state index contributed by atoms with van der Waals surface area (Å²) in [7, 11) is 0. The number of nitrogens with one attached hydrogen (secondary N) is 1. The van der Waals surface area contributed by atoms with Crippen molar-refractivity contribution in [3.05, 3.63) is 39.3 Å². The van der Waals surface area contributed by atoms with Crippen LogP contribution < -0.4 is 11.3 Å². The van der Waals surface area contributed by atoms with Crippen molar-refractivity contribution in [1.29, 1.82) is 0 Å². The van der Waals surface area contributed by atoms with Gasteiger partial charge in [-0.25, -0.2) is 5.01 Å². The summed E-state index contributed by atoms with van der Waals surface area (Å²) in [6.45, 7) is 0.892. The molecule has 1 unspecified atom stereocenters. The summed E-state index contributed by atoms with van der Waals surface area (Å²) >= 11 is 3.52. The first-order valence-electron chi connectivity index (χ1n) is 6.25. The number of H-pyrrole nitrogens is 1. The highest BCUT2D eigenvalue weighted by molar-refractivity contribution is 9.09. The van der Waals surface area contributed by atoms with Crippen LogP contribution in [0.5, 0.6) is 0 Å². The minimum atomic E-state index is 0.118. The Balaban J connectivity index is 2.03. The second kappa shape index (κ2) is 4.64. The van der Waals surface area contributed by atoms with Crippen LogP contribution in [0.25, 0.3) is 6.08 Å². The van der Waals surface area contributed by atoms with Crippen LogP contribution in [-0.4, -0.2) is 21.4 Å². The van der Waals surface area contributed by atoms with E-state index in [4.69, 9.17) is 5.84 Å². The molecular formula is C13H16BrN3O. The maximum Gasteiger partial charge on any atom is 0.185 e. The SMILES string of the molecule is NN1CCC[C@H]1c1cc(=O)c2c([nH]1)C=CC(Br)C2. The topological polar surface area (TPSA) is 62.1 Å². The molecule has 1 aliphatic carbocycles. The smallest absolute Gasteiger partial charge is 0.185 e. The van der Waals surface area contributed by atoms with Crippen LogP contribution in [0.1, 0.15) is 35.8 Å². The molecule has 4 nitrogen and oxygen atoms in total. The second-order valence-electron chi connectivity index (χ2n) is 4.96. The lowest BCUT2D eigenvalue weighted by Crippen LogP contribution is -2.32. The Hall–Kier alpha value is -0.910. The van der Waals surface area contributed by atoms with E-state index in [1.807, 2.05) is 11.1 Å². The molecule has 0 amide bonds. The Labute approximate surface area is 114 Å². The number of halogens is 1. The van der Waals surface area contributed by atoms with Gasteiger partial charge < -0.3 is 4.98 Å². The Kier molecular flexibility index (Phi) is 3.13. The first-order valence-corrected chi connectivity index (χ1v) is 7.16. The monoisotopic (exact) mass is 309 g/mol. The Morgan fingerprint density at radius 3 is 3.06 bits per heavy atom. The minimum Gasteiger partial charge on any atom is -0.357 e. The number of pyridine rings is 1. The van der Waals surface area contributed by atoms with E-state index >= 15 is 0 Å². The van der Waals surface area contributed by atoms with Gasteiger partial charge in [0.15, 0.2) is 5.43 Å². The van der Waals surface area contributed by atoms with Crippen LogP contribution in [-0.2, 0) is 6.42 Å². The van der Waals surface area contributed by atoms with E-state index in [1.165, 1.54) is 0 Å². The molecule has 0 bridgehead atoms. The lowest BCUT2D eigenvalue weighted by Gasteiger charge is -2.21. The molecule has 1 saturated heterocycles. The van der Waals surface area contributed by atoms with Gasteiger partial charge in [-0.05, 0) is 25.3 Å². The highest BCUT2D eigenvalue weighted by Crippen LogP contribution is 2.28. The summed E-state index contributed by atoms with van der Waals surface area (Å²) in [4.78, 5) is 15.8. The predicted molar refractivity (Wildman–Crippen MR) is 75.4 cm³/mol. The number of hydrazine groups is 1. The van der Waals surface area contributed by atoms with E-state index < -0.39 is 0 Å². The van der Waals surface area contributed by atoms with E-state index in [0.29, 0.717) is 0 Å². The van der Waals surface area contributed by atoms with E-state index in [-0.39, 0.29) is 16.3 Å². The molecule has 96 valence electrons. The Morgan fingerprint density at radius 2 is 2.33 bits per heavy atom. The molecular weight excluding hydrogens is 294 g/mol. The van der Waals surface area contributed by atoms with Gasteiger partial charge in [-0.2, -0.15) is 0 Å². The normalized spacial score (nSPS) is 27.4. The van der Waals surface area contributed by atoms with Gasteiger partial charge in [0.05, 0.1) is 6.04 Å². The van der Waals surface area contributed by atoms with Crippen molar-refractivity contribution >= 4 is 22.0 Å². The lowest BCUT2D eigenvalue weighted by atomic mass is 9.99. The first-order chi connectivity index (χ1) is 8.65. The first kappa shape index (κ1) is 12.1. The zero-order chi connectivity index (χ0) is 12.7. The fourth-order valence-electron chi connectivity index (χ4n) is 2.75. The molecule has 1 fully saturated rings. The zero-order valence-corrected chi connectivity index (χ0v) is 11.6. The van der Waals surface area contributed by atoms with Crippen molar-refractivity contribution in [3.63, 3.8) is 0 Å². The summed E-state index contributed by atoms with van der Waals surface area (Å²) in [6, 6.07) is 1.87. The quantitative estimate of drug-likeness (QED) is 0.613. The van der Waals surface area contributed by atoms with Crippen LogP contribution >= 0.6 is 15.9 Å². The molecule has 2 heterocycles. The molecule has 2 atom stereocenters. The molecule has 1 aromatic rings. The number of hydrogen-bond acceptors (Lipinski definition) is 3. The largest absolute Gasteiger partial charge is 0.357 e. The van der Waals surface area contributed by atoms with Crippen LogP contribution in [0.2, 0.25) is 0 Å². The standard InChI is InChI=1S/C13H16BrN3O/c14-8-3-4-10-9(6-8)13(18)7-11(16-10)12-2-1-5-17(12)15/h3-4,7-8,12H,1-2,5-6,15H2,(H,16,18)/t8?,12-/m0/s1. The predicted octanol–water partition coefficient (Wildman–Crippen LogP) is 1.72. The number of alkyl halides is 1. The average molecular weight is 310 g/mol.